The Balaban J connectivity index is 2.12. The zero-order chi connectivity index (χ0) is 21.0. The first-order chi connectivity index (χ1) is 13.1. The van der Waals surface area contributed by atoms with Crippen molar-refractivity contribution in [2.24, 2.45) is 11.8 Å². The molecule has 0 saturated heterocycles. The van der Waals surface area contributed by atoms with Gasteiger partial charge in [-0.25, -0.2) is 4.79 Å². The van der Waals surface area contributed by atoms with E-state index in [1.54, 1.807) is 24.3 Å². The average Bonchev–Trinajstić information content (AvgIpc) is 2.88. The molecule has 0 spiro atoms. The van der Waals surface area contributed by atoms with Gasteiger partial charge in [-0.1, -0.05) is 39.8 Å². The van der Waals surface area contributed by atoms with Crippen LogP contribution in [-0.2, 0) is 14.3 Å². The number of amides is 3. The Bertz CT molecular complexity index is 737. The molecule has 2 rings (SSSR count). The number of fused-ring (bicyclic) bond motifs is 1. The van der Waals surface area contributed by atoms with E-state index in [2.05, 4.69) is 5.32 Å². The van der Waals surface area contributed by atoms with Crippen LogP contribution in [0.15, 0.2) is 24.3 Å². The number of carbonyl (C=O) groups is 4. The van der Waals surface area contributed by atoms with Gasteiger partial charge in [-0.2, -0.15) is 0 Å². The molecule has 0 saturated carbocycles. The molecule has 1 aromatic rings. The van der Waals surface area contributed by atoms with E-state index in [1.165, 1.54) is 0 Å². The van der Waals surface area contributed by atoms with Gasteiger partial charge in [0.05, 0.1) is 11.1 Å². The van der Waals surface area contributed by atoms with Crippen LogP contribution in [0.2, 0.25) is 0 Å². The standard InChI is InChI=1S/C21H28N2O5/c1-12(2)10-17(21(27)28-11-18(24)22-14(5)13(3)4)23-19(25)15-8-6-7-9-16(15)20(23)26/h6-9,12-14,17H,10-11H2,1-5H3,(H,22,24)/t14-,17+/m1/s1. The number of nitrogens with zero attached hydrogens (tertiary/aromatic N) is 1. The SMILES string of the molecule is CC(C)C[C@@H](C(=O)OCC(=O)N[C@H](C)C(C)C)N1C(=O)c2ccccc2C1=O. The van der Waals surface area contributed by atoms with Crippen LogP contribution in [0.4, 0.5) is 0 Å². The molecule has 152 valence electrons. The Morgan fingerprint density at radius 3 is 2.00 bits per heavy atom. The highest BCUT2D eigenvalue weighted by Crippen LogP contribution is 2.27. The summed E-state index contributed by atoms with van der Waals surface area (Å²) < 4.78 is 5.16. The number of hydrogen-bond acceptors (Lipinski definition) is 5. The third-order valence-electron chi connectivity index (χ3n) is 4.84. The molecule has 0 aromatic heterocycles. The molecule has 3 amide bonds. The van der Waals surface area contributed by atoms with Crippen molar-refractivity contribution < 1.29 is 23.9 Å². The maximum atomic E-state index is 12.7. The lowest BCUT2D eigenvalue weighted by Crippen LogP contribution is -2.47. The second-order valence-electron chi connectivity index (χ2n) is 7.88. The summed E-state index contributed by atoms with van der Waals surface area (Å²) in [5, 5.41) is 2.75. The Hall–Kier alpha value is -2.70. The van der Waals surface area contributed by atoms with E-state index in [-0.39, 0.29) is 35.4 Å². The van der Waals surface area contributed by atoms with Crippen molar-refractivity contribution in [3.05, 3.63) is 35.4 Å². The normalized spacial score (nSPS) is 15.6. The fraction of sp³-hybridized carbons (Fsp3) is 0.524. The molecule has 1 aromatic carbocycles. The Morgan fingerprint density at radius 2 is 1.54 bits per heavy atom. The Morgan fingerprint density at radius 1 is 1.00 bits per heavy atom. The zero-order valence-electron chi connectivity index (χ0n) is 17.0. The van der Waals surface area contributed by atoms with Gasteiger partial charge >= 0.3 is 5.97 Å². The summed E-state index contributed by atoms with van der Waals surface area (Å²) in [4.78, 5) is 51.1. The molecule has 1 aliphatic rings. The van der Waals surface area contributed by atoms with E-state index < -0.39 is 36.3 Å². The highest BCUT2D eigenvalue weighted by molar-refractivity contribution is 6.22. The van der Waals surface area contributed by atoms with E-state index in [9.17, 15) is 19.2 Å². The number of ether oxygens (including phenoxy) is 1. The van der Waals surface area contributed by atoms with Gasteiger partial charge in [-0.05, 0) is 37.3 Å². The van der Waals surface area contributed by atoms with Crippen molar-refractivity contribution in [3.8, 4) is 0 Å². The zero-order valence-corrected chi connectivity index (χ0v) is 17.0. The summed E-state index contributed by atoms with van der Waals surface area (Å²) in [6.07, 6.45) is 0.258. The van der Waals surface area contributed by atoms with Crippen LogP contribution in [0.3, 0.4) is 0 Å². The Kier molecular flexibility index (Phi) is 6.94. The topological polar surface area (TPSA) is 92.8 Å². The smallest absolute Gasteiger partial charge is 0.329 e. The van der Waals surface area contributed by atoms with Crippen LogP contribution in [0.1, 0.15) is 61.8 Å². The van der Waals surface area contributed by atoms with Gasteiger partial charge in [-0.15, -0.1) is 0 Å². The first kappa shape index (κ1) is 21.6. The second kappa shape index (κ2) is 8.99. The van der Waals surface area contributed by atoms with Crippen LogP contribution in [0.5, 0.6) is 0 Å². The summed E-state index contributed by atoms with van der Waals surface area (Å²) >= 11 is 0. The first-order valence-electron chi connectivity index (χ1n) is 9.56. The highest BCUT2D eigenvalue weighted by atomic mass is 16.5. The second-order valence-corrected chi connectivity index (χ2v) is 7.88. The number of carbonyl (C=O) groups excluding carboxylic acids is 4. The van der Waals surface area contributed by atoms with Crippen molar-refractivity contribution in [3.63, 3.8) is 0 Å². The third kappa shape index (κ3) is 4.77. The quantitative estimate of drug-likeness (QED) is 0.545. The van der Waals surface area contributed by atoms with Crippen molar-refractivity contribution in [1.82, 2.24) is 10.2 Å². The van der Waals surface area contributed by atoms with Crippen LogP contribution < -0.4 is 5.32 Å². The molecule has 0 radical (unpaired) electrons. The molecule has 1 N–H and O–H groups in total. The predicted octanol–water partition coefficient (Wildman–Crippen LogP) is 2.40. The van der Waals surface area contributed by atoms with E-state index in [4.69, 9.17) is 4.74 Å². The van der Waals surface area contributed by atoms with Gasteiger partial charge in [0.25, 0.3) is 17.7 Å². The minimum Gasteiger partial charge on any atom is -0.454 e. The van der Waals surface area contributed by atoms with E-state index in [0.717, 1.165) is 4.90 Å². The average molecular weight is 388 g/mol. The third-order valence-corrected chi connectivity index (χ3v) is 4.84. The summed E-state index contributed by atoms with van der Waals surface area (Å²) in [5.41, 5.74) is 0.551. The summed E-state index contributed by atoms with van der Waals surface area (Å²) in [7, 11) is 0. The monoisotopic (exact) mass is 388 g/mol. The molecule has 1 heterocycles. The molecule has 28 heavy (non-hydrogen) atoms. The van der Waals surface area contributed by atoms with Gasteiger partial charge in [0, 0.05) is 6.04 Å². The number of rotatable bonds is 8. The van der Waals surface area contributed by atoms with E-state index >= 15 is 0 Å². The molecule has 2 atom stereocenters. The summed E-state index contributed by atoms with van der Waals surface area (Å²) in [5.74, 6) is -1.92. The lowest BCUT2D eigenvalue weighted by Gasteiger charge is -2.26. The first-order valence-corrected chi connectivity index (χ1v) is 9.56. The number of esters is 1. The van der Waals surface area contributed by atoms with Crippen molar-refractivity contribution in [2.45, 2.75) is 53.1 Å². The number of imide groups is 1. The molecule has 7 nitrogen and oxygen atoms in total. The Labute approximate surface area is 165 Å². The summed E-state index contributed by atoms with van der Waals surface area (Å²) in [6, 6.07) is 5.34. The molecular weight excluding hydrogens is 360 g/mol. The molecular formula is C21H28N2O5. The van der Waals surface area contributed by atoms with Crippen LogP contribution in [-0.4, -0.2) is 47.3 Å². The van der Waals surface area contributed by atoms with Crippen molar-refractivity contribution >= 4 is 23.7 Å². The number of benzene rings is 1. The van der Waals surface area contributed by atoms with Gasteiger partial charge in [0.2, 0.25) is 0 Å². The van der Waals surface area contributed by atoms with Crippen molar-refractivity contribution in [1.29, 1.82) is 0 Å². The van der Waals surface area contributed by atoms with Gasteiger partial charge in [0.15, 0.2) is 6.61 Å². The molecule has 0 bridgehead atoms. The van der Waals surface area contributed by atoms with Crippen molar-refractivity contribution in [2.75, 3.05) is 6.61 Å². The largest absolute Gasteiger partial charge is 0.454 e. The van der Waals surface area contributed by atoms with E-state index in [0.29, 0.717) is 0 Å². The maximum Gasteiger partial charge on any atom is 0.329 e. The molecule has 1 aliphatic heterocycles. The molecule has 0 fully saturated rings. The summed E-state index contributed by atoms with van der Waals surface area (Å²) in [6.45, 7) is 9.12. The van der Waals surface area contributed by atoms with Gasteiger partial charge in [-0.3, -0.25) is 19.3 Å². The molecule has 0 unspecified atom stereocenters. The minimum absolute atomic E-state index is 0.0386. The van der Waals surface area contributed by atoms with Gasteiger partial charge < -0.3 is 10.1 Å². The fourth-order valence-corrected chi connectivity index (χ4v) is 2.94. The van der Waals surface area contributed by atoms with Crippen LogP contribution in [0, 0.1) is 11.8 Å². The lowest BCUT2D eigenvalue weighted by atomic mass is 10.0. The van der Waals surface area contributed by atoms with E-state index in [1.807, 2.05) is 34.6 Å². The fourth-order valence-electron chi connectivity index (χ4n) is 2.94. The molecule has 7 heteroatoms. The number of hydrogen-bond donors (Lipinski definition) is 1. The number of nitrogens with one attached hydrogen (secondary N) is 1. The van der Waals surface area contributed by atoms with Crippen LogP contribution >= 0.6 is 0 Å². The van der Waals surface area contributed by atoms with Gasteiger partial charge in [0.1, 0.15) is 6.04 Å². The molecule has 0 aliphatic carbocycles. The highest BCUT2D eigenvalue weighted by Gasteiger charge is 2.43. The minimum atomic E-state index is -1.07. The maximum absolute atomic E-state index is 12.7. The van der Waals surface area contributed by atoms with Crippen LogP contribution in [0.25, 0.3) is 0 Å². The lowest BCUT2D eigenvalue weighted by molar-refractivity contribution is -0.153. The predicted molar refractivity (Wildman–Crippen MR) is 104 cm³/mol.